The fourth-order valence-corrected chi connectivity index (χ4v) is 2.84. The maximum atomic E-state index is 11.3. The molecule has 0 heterocycles. The van der Waals surface area contributed by atoms with Crippen LogP contribution in [0.5, 0.6) is 0 Å². The summed E-state index contributed by atoms with van der Waals surface area (Å²) in [7, 11) is 0. The van der Waals surface area contributed by atoms with Crippen molar-refractivity contribution in [2.45, 2.75) is 103 Å². The molecule has 0 aliphatic heterocycles. The van der Waals surface area contributed by atoms with Crippen molar-refractivity contribution in [2.75, 3.05) is 6.54 Å². The molecule has 0 saturated carbocycles. The molecule has 0 radical (unpaired) electrons. The van der Waals surface area contributed by atoms with Gasteiger partial charge in [-0.25, -0.2) is 0 Å². The van der Waals surface area contributed by atoms with E-state index in [-0.39, 0.29) is 12.5 Å². The zero-order valence-electron chi connectivity index (χ0n) is 15.7. The number of unbranched alkanes of at least 4 members (excludes halogenated alkanes) is 7. The predicted octanol–water partition coefficient (Wildman–Crippen LogP) is 3.57. The molecule has 148 valence electrons. The molecule has 0 aliphatic carbocycles. The van der Waals surface area contributed by atoms with E-state index in [1.165, 1.54) is 0 Å². The Labute approximate surface area is 152 Å². The van der Waals surface area contributed by atoms with Gasteiger partial charge in [0.05, 0.1) is 6.10 Å². The van der Waals surface area contributed by atoms with Crippen LogP contribution in [0.1, 0.15) is 90.4 Å². The smallest absolute Gasteiger partial charge is 0.320 e. The van der Waals surface area contributed by atoms with Crippen LogP contribution in [0.2, 0.25) is 0 Å². The van der Waals surface area contributed by atoms with Crippen molar-refractivity contribution in [3.05, 3.63) is 0 Å². The molecule has 0 aromatic heterocycles. The molecule has 0 rings (SSSR count). The van der Waals surface area contributed by atoms with Crippen molar-refractivity contribution < 1.29 is 24.9 Å². The van der Waals surface area contributed by atoms with E-state index in [4.69, 9.17) is 5.11 Å². The summed E-state index contributed by atoms with van der Waals surface area (Å²) in [6.07, 6.45) is 10.6. The number of carboxylic acids is 2. The van der Waals surface area contributed by atoms with Crippen LogP contribution in [-0.4, -0.2) is 45.9 Å². The van der Waals surface area contributed by atoms with Crippen LogP contribution >= 0.6 is 0 Å². The highest BCUT2D eigenvalue weighted by Gasteiger charge is 2.16. The van der Waals surface area contributed by atoms with Crippen LogP contribution in [0.4, 0.5) is 0 Å². The summed E-state index contributed by atoms with van der Waals surface area (Å²) in [6, 6.07) is -0.546. The lowest BCUT2D eigenvalue weighted by molar-refractivity contribution is -0.140. The SMILES string of the molecule is CCCCCC(O)CCNC(CCCCCCCCC(=O)O)C(=O)O. The maximum absolute atomic E-state index is 11.3. The summed E-state index contributed by atoms with van der Waals surface area (Å²) >= 11 is 0. The number of carbonyl (C=O) groups is 2. The van der Waals surface area contributed by atoms with Gasteiger partial charge in [0.25, 0.3) is 0 Å². The first kappa shape index (κ1) is 23.9. The fourth-order valence-electron chi connectivity index (χ4n) is 2.84. The van der Waals surface area contributed by atoms with E-state index < -0.39 is 18.0 Å². The number of aliphatic carboxylic acids is 2. The zero-order chi connectivity index (χ0) is 18.9. The van der Waals surface area contributed by atoms with Crippen molar-refractivity contribution in [2.24, 2.45) is 0 Å². The summed E-state index contributed by atoms with van der Waals surface area (Å²) in [4.78, 5) is 21.7. The van der Waals surface area contributed by atoms with E-state index in [9.17, 15) is 19.8 Å². The predicted molar refractivity (Wildman–Crippen MR) is 98.8 cm³/mol. The molecular formula is C19H37NO5. The molecule has 0 saturated heterocycles. The molecule has 0 bridgehead atoms. The minimum Gasteiger partial charge on any atom is -0.481 e. The fraction of sp³-hybridized carbons (Fsp3) is 0.895. The Morgan fingerprint density at radius 2 is 1.44 bits per heavy atom. The molecule has 0 fully saturated rings. The second-order valence-corrected chi connectivity index (χ2v) is 6.84. The zero-order valence-corrected chi connectivity index (χ0v) is 15.7. The average Bonchev–Trinajstić information content (AvgIpc) is 2.55. The van der Waals surface area contributed by atoms with E-state index in [0.717, 1.165) is 64.2 Å². The Hall–Kier alpha value is -1.14. The topological polar surface area (TPSA) is 107 Å². The highest BCUT2D eigenvalue weighted by molar-refractivity contribution is 5.73. The molecule has 25 heavy (non-hydrogen) atoms. The first-order chi connectivity index (χ1) is 12.0. The molecule has 2 unspecified atom stereocenters. The van der Waals surface area contributed by atoms with E-state index in [1.54, 1.807) is 0 Å². The normalized spacial score (nSPS) is 13.5. The number of nitrogens with one attached hydrogen (secondary N) is 1. The van der Waals surface area contributed by atoms with E-state index in [2.05, 4.69) is 12.2 Å². The van der Waals surface area contributed by atoms with Gasteiger partial charge in [0, 0.05) is 6.42 Å². The first-order valence-corrected chi connectivity index (χ1v) is 9.83. The van der Waals surface area contributed by atoms with Gasteiger partial charge in [-0.15, -0.1) is 0 Å². The van der Waals surface area contributed by atoms with Crippen LogP contribution in [0, 0.1) is 0 Å². The van der Waals surface area contributed by atoms with Gasteiger partial charge in [0.15, 0.2) is 0 Å². The minimum absolute atomic E-state index is 0.231. The Morgan fingerprint density at radius 3 is 2.04 bits per heavy atom. The number of hydrogen-bond acceptors (Lipinski definition) is 4. The van der Waals surface area contributed by atoms with Crippen molar-refractivity contribution in [1.29, 1.82) is 0 Å². The largest absolute Gasteiger partial charge is 0.481 e. The van der Waals surface area contributed by atoms with Gasteiger partial charge in [-0.3, -0.25) is 9.59 Å². The summed E-state index contributed by atoms with van der Waals surface area (Å²) in [6.45, 7) is 2.65. The molecule has 4 N–H and O–H groups in total. The molecule has 6 nitrogen and oxygen atoms in total. The minimum atomic E-state index is -0.832. The summed E-state index contributed by atoms with van der Waals surface area (Å²) in [5, 5.41) is 30.7. The van der Waals surface area contributed by atoms with Crippen molar-refractivity contribution in [3.8, 4) is 0 Å². The number of hydrogen-bond donors (Lipinski definition) is 4. The Morgan fingerprint density at radius 1 is 0.840 bits per heavy atom. The van der Waals surface area contributed by atoms with Crippen molar-refractivity contribution in [3.63, 3.8) is 0 Å². The lowest BCUT2D eigenvalue weighted by atomic mass is 10.0. The highest BCUT2D eigenvalue weighted by Crippen LogP contribution is 2.11. The van der Waals surface area contributed by atoms with Gasteiger partial charge in [-0.2, -0.15) is 0 Å². The summed E-state index contributed by atoms with van der Waals surface area (Å²) in [5.74, 6) is -1.58. The van der Waals surface area contributed by atoms with Gasteiger partial charge in [0.2, 0.25) is 0 Å². The summed E-state index contributed by atoms with van der Waals surface area (Å²) < 4.78 is 0. The maximum Gasteiger partial charge on any atom is 0.320 e. The first-order valence-electron chi connectivity index (χ1n) is 9.83. The Kier molecular flexibility index (Phi) is 15.6. The van der Waals surface area contributed by atoms with Gasteiger partial charge >= 0.3 is 11.9 Å². The van der Waals surface area contributed by atoms with Gasteiger partial charge in [-0.1, -0.05) is 58.3 Å². The molecule has 0 aromatic rings. The van der Waals surface area contributed by atoms with Crippen LogP contribution in [0.25, 0.3) is 0 Å². The molecule has 0 spiro atoms. The monoisotopic (exact) mass is 359 g/mol. The van der Waals surface area contributed by atoms with E-state index in [1.807, 2.05) is 0 Å². The molecule has 0 amide bonds. The number of aliphatic hydroxyl groups excluding tert-OH is 1. The van der Waals surface area contributed by atoms with Crippen LogP contribution < -0.4 is 5.32 Å². The van der Waals surface area contributed by atoms with Crippen LogP contribution in [0.15, 0.2) is 0 Å². The quantitative estimate of drug-likeness (QED) is 0.279. The average molecular weight is 360 g/mol. The number of carboxylic acid groups (broad SMARTS) is 2. The van der Waals surface area contributed by atoms with Crippen LogP contribution in [-0.2, 0) is 9.59 Å². The van der Waals surface area contributed by atoms with Gasteiger partial charge in [0.1, 0.15) is 6.04 Å². The Balaban J connectivity index is 3.67. The molecule has 0 aliphatic rings. The molecule has 0 aromatic carbocycles. The lowest BCUT2D eigenvalue weighted by Crippen LogP contribution is -2.38. The van der Waals surface area contributed by atoms with E-state index in [0.29, 0.717) is 19.4 Å². The second-order valence-electron chi connectivity index (χ2n) is 6.84. The molecule has 2 atom stereocenters. The Bertz CT molecular complexity index is 349. The standard InChI is InChI=1S/C19H37NO5/c1-2-3-8-11-16(21)14-15-20-17(19(24)25)12-9-6-4-5-7-10-13-18(22)23/h16-17,20-21H,2-15H2,1H3,(H,22,23)(H,24,25). The second kappa shape index (κ2) is 16.3. The third kappa shape index (κ3) is 16.1. The third-order valence-electron chi connectivity index (χ3n) is 4.44. The van der Waals surface area contributed by atoms with Crippen molar-refractivity contribution in [1.82, 2.24) is 5.32 Å². The molecule has 6 heteroatoms. The van der Waals surface area contributed by atoms with E-state index >= 15 is 0 Å². The van der Waals surface area contributed by atoms with Crippen LogP contribution in [0.3, 0.4) is 0 Å². The number of aliphatic hydroxyl groups is 1. The number of rotatable bonds is 18. The highest BCUT2D eigenvalue weighted by atomic mass is 16.4. The lowest BCUT2D eigenvalue weighted by Gasteiger charge is -2.16. The summed E-state index contributed by atoms with van der Waals surface area (Å²) in [5.41, 5.74) is 0. The third-order valence-corrected chi connectivity index (χ3v) is 4.44. The van der Waals surface area contributed by atoms with Gasteiger partial charge < -0.3 is 20.6 Å². The molecular weight excluding hydrogens is 322 g/mol. The van der Waals surface area contributed by atoms with Crippen molar-refractivity contribution >= 4 is 11.9 Å². The van der Waals surface area contributed by atoms with Gasteiger partial charge in [-0.05, 0) is 32.2 Å².